The second kappa shape index (κ2) is 11.8. The van der Waals surface area contributed by atoms with E-state index in [0.717, 1.165) is 42.7 Å². The summed E-state index contributed by atoms with van der Waals surface area (Å²) in [5.41, 5.74) is 4.36. The van der Waals surface area contributed by atoms with E-state index in [2.05, 4.69) is 81.2 Å². The molecule has 2 aliphatic rings. The maximum Gasteiger partial charge on any atom is 0.172 e. The van der Waals surface area contributed by atoms with E-state index < -0.39 is 5.60 Å². The van der Waals surface area contributed by atoms with E-state index in [9.17, 15) is 15.8 Å². The van der Waals surface area contributed by atoms with Gasteiger partial charge < -0.3 is 14.1 Å². The summed E-state index contributed by atoms with van der Waals surface area (Å²) in [7, 11) is 0. The first-order valence-electron chi connectivity index (χ1n) is 14.0. The summed E-state index contributed by atoms with van der Waals surface area (Å²) in [5.74, 6) is 0.875. The zero-order chi connectivity index (χ0) is 29.8. The van der Waals surface area contributed by atoms with Crippen molar-refractivity contribution in [1.29, 1.82) is 15.8 Å². The van der Waals surface area contributed by atoms with Gasteiger partial charge in [0.05, 0.1) is 0 Å². The largest absolute Gasteiger partial charge is 0.480 e. The Morgan fingerprint density at radius 1 is 0.976 bits per heavy atom. The summed E-state index contributed by atoms with van der Waals surface area (Å²) in [6.45, 7) is 14.4. The van der Waals surface area contributed by atoms with Gasteiger partial charge in [-0.15, -0.1) is 0 Å². The first kappa shape index (κ1) is 29.3. The molecule has 0 fully saturated rings. The molecule has 6 nitrogen and oxygen atoms in total. The standard InChI is InChI=1S/C35H36N4O2/c1-7-39(8-2)28-14-13-26-17-29(40-32(26)18-28)15-12-25-16-24(19-34(3,4)20-25)10-9-11-31-30(23-38)33(27(21-36)22-37)41-35(31,5)6/h9-18H,7-8,19-20H2,1-6H3/b11-9+,15-12+,24-10-. The Hall–Kier alpha value is -4.73. The molecular formula is C35H36N4O2. The second-order valence-electron chi connectivity index (χ2n) is 11.7. The summed E-state index contributed by atoms with van der Waals surface area (Å²) in [6.07, 6.45) is 14.1. The highest BCUT2D eigenvalue weighted by Crippen LogP contribution is 2.41. The summed E-state index contributed by atoms with van der Waals surface area (Å²) < 4.78 is 12.0. The van der Waals surface area contributed by atoms with Crippen LogP contribution >= 0.6 is 0 Å². The van der Waals surface area contributed by atoms with Gasteiger partial charge in [-0.05, 0) is 81.4 Å². The van der Waals surface area contributed by atoms with Gasteiger partial charge in [-0.3, -0.25) is 0 Å². The van der Waals surface area contributed by atoms with E-state index in [4.69, 9.17) is 9.15 Å². The molecule has 0 unspecified atom stereocenters. The smallest absolute Gasteiger partial charge is 0.172 e. The van der Waals surface area contributed by atoms with Crippen LogP contribution in [0.1, 0.15) is 60.1 Å². The molecule has 0 spiro atoms. The monoisotopic (exact) mass is 544 g/mol. The van der Waals surface area contributed by atoms with Crippen molar-refractivity contribution < 1.29 is 9.15 Å². The highest BCUT2D eigenvalue weighted by molar-refractivity contribution is 5.83. The van der Waals surface area contributed by atoms with Gasteiger partial charge >= 0.3 is 0 Å². The molecule has 1 aromatic heterocycles. The number of hydrogen-bond donors (Lipinski definition) is 0. The molecule has 1 aromatic carbocycles. The lowest BCUT2D eigenvalue weighted by Crippen LogP contribution is -2.21. The Morgan fingerprint density at radius 3 is 2.37 bits per heavy atom. The Kier molecular flexibility index (Phi) is 8.41. The number of nitrogens with zero attached hydrogens (tertiary/aromatic N) is 4. The number of nitriles is 3. The topological polar surface area (TPSA) is 97.0 Å². The third-order valence-electron chi connectivity index (χ3n) is 7.49. The Balaban J connectivity index is 1.60. The van der Waals surface area contributed by atoms with Crippen molar-refractivity contribution in [3.05, 3.63) is 94.0 Å². The summed E-state index contributed by atoms with van der Waals surface area (Å²) in [6, 6.07) is 14.2. The minimum absolute atomic E-state index is 0.0517. The van der Waals surface area contributed by atoms with Crippen LogP contribution in [0.25, 0.3) is 17.0 Å². The quantitative estimate of drug-likeness (QED) is 0.324. The summed E-state index contributed by atoms with van der Waals surface area (Å²) >= 11 is 0. The molecule has 208 valence electrons. The van der Waals surface area contributed by atoms with Crippen LogP contribution in [0.4, 0.5) is 5.69 Å². The number of anilines is 1. The van der Waals surface area contributed by atoms with E-state index in [0.29, 0.717) is 5.57 Å². The first-order chi connectivity index (χ1) is 19.5. The summed E-state index contributed by atoms with van der Waals surface area (Å²) in [5, 5.41) is 29.4. The highest BCUT2D eigenvalue weighted by atomic mass is 16.5. The molecule has 6 heteroatoms. The van der Waals surface area contributed by atoms with Crippen molar-refractivity contribution in [3.63, 3.8) is 0 Å². The number of furan rings is 1. The average molecular weight is 545 g/mol. The van der Waals surface area contributed by atoms with Gasteiger partial charge in [0, 0.05) is 35.8 Å². The van der Waals surface area contributed by atoms with Crippen LogP contribution in [0.5, 0.6) is 0 Å². The molecular weight excluding hydrogens is 508 g/mol. The van der Waals surface area contributed by atoms with Crippen molar-refractivity contribution in [2.45, 2.75) is 60.0 Å². The minimum atomic E-state index is -0.831. The van der Waals surface area contributed by atoms with E-state index in [-0.39, 0.29) is 22.3 Å². The fourth-order valence-electron chi connectivity index (χ4n) is 5.57. The molecule has 2 aromatic rings. The predicted molar refractivity (Wildman–Crippen MR) is 163 cm³/mol. The number of benzene rings is 1. The molecule has 41 heavy (non-hydrogen) atoms. The zero-order valence-electron chi connectivity index (χ0n) is 24.7. The minimum Gasteiger partial charge on any atom is -0.480 e. The van der Waals surface area contributed by atoms with Gasteiger partial charge in [0.25, 0.3) is 0 Å². The molecule has 2 heterocycles. The van der Waals surface area contributed by atoms with Crippen molar-refractivity contribution >= 4 is 22.7 Å². The van der Waals surface area contributed by atoms with Crippen molar-refractivity contribution in [2.75, 3.05) is 18.0 Å². The van der Waals surface area contributed by atoms with Crippen LogP contribution in [0.15, 0.2) is 92.7 Å². The number of hydrogen-bond acceptors (Lipinski definition) is 6. The molecule has 0 amide bonds. The molecule has 1 aliphatic carbocycles. The molecule has 1 aliphatic heterocycles. The maximum atomic E-state index is 9.77. The van der Waals surface area contributed by atoms with Crippen molar-refractivity contribution in [1.82, 2.24) is 0 Å². The van der Waals surface area contributed by atoms with Crippen LogP contribution in [0.3, 0.4) is 0 Å². The number of ether oxygens (including phenoxy) is 1. The van der Waals surface area contributed by atoms with Gasteiger partial charge in [-0.2, -0.15) is 15.8 Å². The van der Waals surface area contributed by atoms with E-state index in [1.54, 1.807) is 0 Å². The molecule has 0 saturated carbocycles. The van der Waals surface area contributed by atoms with Crippen LogP contribution in [-0.4, -0.2) is 18.7 Å². The first-order valence-corrected chi connectivity index (χ1v) is 14.0. The Morgan fingerprint density at radius 2 is 1.71 bits per heavy atom. The van der Waals surface area contributed by atoms with Crippen LogP contribution in [0, 0.1) is 39.4 Å². The SMILES string of the molecule is CCN(CC)c1ccc2cc(/C=C/C3=CC(=C/C=C/C4=C(C#N)C(=C(C#N)C#N)OC4(C)C)/CC(C)(C)C3)oc2c1. The van der Waals surface area contributed by atoms with E-state index >= 15 is 0 Å². The van der Waals surface area contributed by atoms with Gasteiger partial charge in [0.15, 0.2) is 11.3 Å². The number of fused-ring (bicyclic) bond motifs is 1. The van der Waals surface area contributed by atoms with Crippen LogP contribution < -0.4 is 4.90 Å². The third kappa shape index (κ3) is 6.37. The van der Waals surface area contributed by atoms with E-state index in [1.807, 2.05) is 44.2 Å². The van der Waals surface area contributed by atoms with Gasteiger partial charge in [-0.1, -0.05) is 44.2 Å². The molecule has 0 saturated heterocycles. The summed E-state index contributed by atoms with van der Waals surface area (Å²) in [4.78, 5) is 2.30. The fraction of sp³-hybridized carbons (Fsp3) is 0.343. The Labute approximate surface area is 243 Å². The third-order valence-corrected chi connectivity index (χ3v) is 7.49. The molecule has 4 rings (SSSR count). The molecule has 0 N–H and O–H groups in total. The molecule has 0 bridgehead atoms. The normalized spacial score (nSPS) is 18.9. The van der Waals surface area contributed by atoms with Gasteiger partial charge in [0.1, 0.15) is 40.7 Å². The highest BCUT2D eigenvalue weighted by Gasteiger charge is 2.38. The number of rotatable bonds is 7. The fourth-order valence-corrected chi connectivity index (χ4v) is 5.57. The Bertz CT molecular complexity index is 1650. The van der Waals surface area contributed by atoms with Crippen molar-refractivity contribution in [3.8, 4) is 18.2 Å². The van der Waals surface area contributed by atoms with Crippen LogP contribution in [-0.2, 0) is 4.74 Å². The predicted octanol–water partition coefficient (Wildman–Crippen LogP) is 8.45. The molecule has 0 atom stereocenters. The maximum absolute atomic E-state index is 9.77. The molecule has 0 radical (unpaired) electrons. The zero-order valence-corrected chi connectivity index (χ0v) is 24.7. The lowest BCUT2D eigenvalue weighted by molar-refractivity contribution is 0.0954. The lowest BCUT2D eigenvalue weighted by atomic mass is 9.75. The van der Waals surface area contributed by atoms with Gasteiger partial charge in [0.2, 0.25) is 0 Å². The number of allylic oxidation sites excluding steroid dienone is 8. The van der Waals surface area contributed by atoms with Crippen molar-refractivity contribution in [2.24, 2.45) is 5.41 Å². The van der Waals surface area contributed by atoms with E-state index in [1.165, 1.54) is 16.8 Å². The lowest BCUT2D eigenvalue weighted by Gasteiger charge is -2.30. The van der Waals surface area contributed by atoms with Crippen LogP contribution in [0.2, 0.25) is 0 Å². The average Bonchev–Trinajstić information content (AvgIpc) is 3.45. The van der Waals surface area contributed by atoms with Gasteiger partial charge in [-0.25, -0.2) is 0 Å². The second-order valence-corrected chi connectivity index (χ2v) is 11.7.